The van der Waals surface area contributed by atoms with Gasteiger partial charge in [-0.15, -0.1) is 0 Å². The minimum absolute atomic E-state index is 0.303. The summed E-state index contributed by atoms with van der Waals surface area (Å²) in [7, 11) is 0. The third-order valence-electron chi connectivity index (χ3n) is 3.38. The zero-order valence-electron chi connectivity index (χ0n) is 13.7. The van der Waals surface area contributed by atoms with Crippen LogP contribution in [-0.2, 0) is 9.53 Å². The Morgan fingerprint density at radius 2 is 1.80 bits per heavy atom. The molecule has 0 aromatic heterocycles. The fourth-order valence-corrected chi connectivity index (χ4v) is 1.94. The molecule has 1 N–H and O–H groups in total. The summed E-state index contributed by atoms with van der Waals surface area (Å²) >= 11 is 0. The maximum absolute atomic E-state index is 11.0. The van der Waals surface area contributed by atoms with Gasteiger partial charge in [0.25, 0.3) is 0 Å². The number of carboxylic acid groups (broad SMARTS) is 1. The number of carboxylic acids is 1. The molecule has 0 aliphatic rings. The Morgan fingerprint density at radius 1 is 1.15 bits per heavy atom. The smallest absolute Gasteiger partial charge is 0.307 e. The molecule has 0 radical (unpaired) electrons. The SMILES string of the molecule is CCCCOCCCN(CCC(C)C)CC(C)C(=O)O. The van der Waals surface area contributed by atoms with Gasteiger partial charge in [-0.1, -0.05) is 34.1 Å². The van der Waals surface area contributed by atoms with E-state index in [1.807, 2.05) is 0 Å². The number of ether oxygens (including phenoxy) is 1. The molecule has 0 rings (SSSR count). The van der Waals surface area contributed by atoms with Gasteiger partial charge in [0.15, 0.2) is 0 Å². The lowest BCUT2D eigenvalue weighted by Gasteiger charge is -2.25. The van der Waals surface area contributed by atoms with E-state index in [2.05, 4.69) is 25.7 Å². The van der Waals surface area contributed by atoms with Crippen LogP contribution in [0.3, 0.4) is 0 Å². The molecule has 20 heavy (non-hydrogen) atoms. The molecule has 0 bridgehead atoms. The van der Waals surface area contributed by atoms with Crippen molar-refractivity contribution >= 4 is 5.97 Å². The van der Waals surface area contributed by atoms with Gasteiger partial charge in [0.05, 0.1) is 5.92 Å². The summed E-state index contributed by atoms with van der Waals surface area (Å²) in [6, 6.07) is 0. The number of rotatable bonds is 13. The Balaban J connectivity index is 3.94. The summed E-state index contributed by atoms with van der Waals surface area (Å²) in [5, 5.41) is 9.03. The number of aliphatic carboxylic acids is 1. The summed E-state index contributed by atoms with van der Waals surface area (Å²) < 4.78 is 5.56. The minimum Gasteiger partial charge on any atom is -0.481 e. The van der Waals surface area contributed by atoms with E-state index in [9.17, 15) is 4.79 Å². The highest BCUT2D eigenvalue weighted by molar-refractivity contribution is 5.69. The zero-order valence-corrected chi connectivity index (χ0v) is 13.7. The predicted molar refractivity (Wildman–Crippen MR) is 83.0 cm³/mol. The monoisotopic (exact) mass is 287 g/mol. The molecule has 4 nitrogen and oxygen atoms in total. The van der Waals surface area contributed by atoms with E-state index in [1.54, 1.807) is 6.92 Å². The van der Waals surface area contributed by atoms with Gasteiger partial charge in [0.2, 0.25) is 0 Å². The zero-order chi connectivity index (χ0) is 15.4. The van der Waals surface area contributed by atoms with E-state index in [0.29, 0.717) is 12.5 Å². The van der Waals surface area contributed by atoms with Gasteiger partial charge in [-0.25, -0.2) is 0 Å². The number of carbonyl (C=O) groups is 1. The average Bonchev–Trinajstić information content (AvgIpc) is 2.39. The first-order valence-electron chi connectivity index (χ1n) is 8.00. The molecule has 120 valence electrons. The predicted octanol–water partition coefficient (Wildman–Crippen LogP) is 3.26. The molecule has 0 saturated carbocycles. The number of hydrogen-bond donors (Lipinski definition) is 1. The molecular formula is C16H33NO3. The second-order valence-corrected chi connectivity index (χ2v) is 6.04. The van der Waals surface area contributed by atoms with Crippen LogP contribution in [0, 0.1) is 11.8 Å². The topological polar surface area (TPSA) is 49.8 Å². The first-order chi connectivity index (χ1) is 9.47. The quantitative estimate of drug-likeness (QED) is 0.528. The van der Waals surface area contributed by atoms with Gasteiger partial charge < -0.3 is 14.7 Å². The third kappa shape index (κ3) is 11.2. The largest absolute Gasteiger partial charge is 0.481 e. The van der Waals surface area contributed by atoms with Crippen LogP contribution >= 0.6 is 0 Å². The Bertz CT molecular complexity index is 244. The van der Waals surface area contributed by atoms with Gasteiger partial charge in [-0.2, -0.15) is 0 Å². The highest BCUT2D eigenvalue weighted by atomic mass is 16.5. The van der Waals surface area contributed by atoms with Crippen LogP contribution in [-0.4, -0.2) is 48.8 Å². The number of nitrogens with zero attached hydrogens (tertiary/aromatic N) is 1. The molecule has 0 aromatic rings. The number of hydrogen-bond acceptors (Lipinski definition) is 3. The van der Waals surface area contributed by atoms with Crippen molar-refractivity contribution < 1.29 is 14.6 Å². The van der Waals surface area contributed by atoms with E-state index < -0.39 is 5.97 Å². The summed E-state index contributed by atoms with van der Waals surface area (Å²) in [6.07, 6.45) is 4.38. The van der Waals surface area contributed by atoms with Crippen molar-refractivity contribution in [2.75, 3.05) is 32.8 Å². The van der Waals surface area contributed by atoms with E-state index in [-0.39, 0.29) is 5.92 Å². The fourth-order valence-electron chi connectivity index (χ4n) is 1.94. The summed E-state index contributed by atoms with van der Waals surface area (Å²) in [5.41, 5.74) is 0. The van der Waals surface area contributed by atoms with Crippen LogP contribution in [0.5, 0.6) is 0 Å². The molecule has 1 unspecified atom stereocenters. The number of unbranched alkanes of at least 4 members (excludes halogenated alkanes) is 1. The average molecular weight is 287 g/mol. The lowest BCUT2D eigenvalue weighted by molar-refractivity contribution is -0.141. The van der Waals surface area contributed by atoms with Gasteiger partial charge in [-0.3, -0.25) is 4.79 Å². The standard InChI is InChI=1S/C16H33NO3/c1-5-6-11-20-12-7-9-17(10-8-14(2)3)13-15(4)16(18)19/h14-15H,5-13H2,1-4H3,(H,18,19). The van der Waals surface area contributed by atoms with Crippen molar-refractivity contribution in [3.63, 3.8) is 0 Å². The van der Waals surface area contributed by atoms with Crippen LogP contribution in [0.4, 0.5) is 0 Å². The maximum atomic E-state index is 11.0. The normalized spacial score (nSPS) is 13.1. The highest BCUT2D eigenvalue weighted by Gasteiger charge is 2.16. The molecule has 4 heteroatoms. The van der Waals surface area contributed by atoms with E-state index in [0.717, 1.165) is 52.0 Å². The lowest BCUT2D eigenvalue weighted by Crippen LogP contribution is -2.34. The van der Waals surface area contributed by atoms with Crippen LogP contribution in [0.1, 0.15) is 53.4 Å². The summed E-state index contributed by atoms with van der Waals surface area (Å²) in [6.45, 7) is 12.5. The van der Waals surface area contributed by atoms with Crippen molar-refractivity contribution in [3.05, 3.63) is 0 Å². The van der Waals surface area contributed by atoms with Crippen LogP contribution in [0.2, 0.25) is 0 Å². The molecule has 0 aromatic carbocycles. The Kier molecular flexibility index (Phi) is 11.8. The van der Waals surface area contributed by atoms with Crippen molar-refractivity contribution in [2.45, 2.75) is 53.4 Å². The van der Waals surface area contributed by atoms with E-state index in [4.69, 9.17) is 9.84 Å². The first-order valence-corrected chi connectivity index (χ1v) is 8.00. The first kappa shape index (κ1) is 19.4. The van der Waals surface area contributed by atoms with Gasteiger partial charge in [-0.05, 0) is 31.7 Å². The molecule has 0 heterocycles. The maximum Gasteiger partial charge on any atom is 0.307 e. The third-order valence-corrected chi connectivity index (χ3v) is 3.38. The van der Waals surface area contributed by atoms with Crippen LogP contribution < -0.4 is 0 Å². The molecule has 0 aliphatic heterocycles. The second kappa shape index (κ2) is 12.2. The Hall–Kier alpha value is -0.610. The second-order valence-electron chi connectivity index (χ2n) is 6.04. The molecule has 1 atom stereocenters. The van der Waals surface area contributed by atoms with Crippen LogP contribution in [0.25, 0.3) is 0 Å². The van der Waals surface area contributed by atoms with Crippen molar-refractivity contribution in [1.29, 1.82) is 0 Å². The van der Waals surface area contributed by atoms with Gasteiger partial charge in [0.1, 0.15) is 0 Å². The fraction of sp³-hybridized carbons (Fsp3) is 0.938. The minimum atomic E-state index is -0.709. The van der Waals surface area contributed by atoms with Crippen molar-refractivity contribution in [2.24, 2.45) is 11.8 Å². The van der Waals surface area contributed by atoms with Crippen LogP contribution in [0.15, 0.2) is 0 Å². The van der Waals surface area contributed by atoms with Gasteiger partial charge >= 0.3 is 5.97 Å². The highest BCUT2D eigenvalue weighted by Crippen LogP contribution is 2.07. The van der Waals surface area contributed by atoms with Gasteiger partial charge in [0, 0.05) is 26.3 Å². The molecule has 0 saturated heterocycles. The molecule has 0 spiro atoms. The molecular weight excluding hydrogens is 254 g/mol. The Morgan fingerprint density at radius 3 is 2.35 bits per heavy atom. The Labute approximate surface area is 124 Å². The summed E-state index contributed by atoms with van der Waals surface area (Å²) in [5.74, 6) is -0.361. The summed E-state index contributed by atoms with van der Waals surface area (Å²) in [4.78, 5) is 13.2. The molecule has 0 aliphatic carbocycles. The van der Waals surface area contributed by atoms with Crippen molar-refractivity contribution in [1.82, 2.24) is 4.90 Å². The van der Waals surface area contributed by atoms with E-state index >= 15 is 0 Å². The lowest BCUT2D eigenvalue weighted by atomic mass is 10.1. The van der Waals surface area contributed by atoms with Crippen molar-refractivity contribution in [3.8, 4) is 0 Å². The molecule has 0 amide bonds. The van der Waals surface area contributed by atoms with E-state index in [1.165, 1.54) is 0 Å². The molecule has 0 fully saturated rings.